The number of amides is 1. The van der Waals surface area contributed by atoms with Crippen molar-refractivity contribution in [2.75, 3.05) is 31.5 Å². The van der Waals surface area contributed by atoms with E-state index < -0.39 is 10.0 Å². The summed E-state index contributed by atoms with van der Waals surface area (Å²) in [5, 5.41) is 2.99. The van der Waals surface area contributed by atoms with Gasteiger partial charge in [0.15, 0.2) is 0 Å². The highest BCUT2D eigenvalue weighted by molar-refractivity contribution is 7.89. The normalized spacial score (nSPS) is 15.8. The number of benzene rings is 2. The highest BCUT2D eigenvalue weighted by Crippen LogP contribution is 2.29. The minimum atomic E-state index is -3.44. The maximum atomic E-state index is 12.4. The van der Waals surface area contributed by atoms with Crippen LogP contribution in [-0.4, -0.2) is 45.4 Å². The first-order chi connectivity index (χ1) is 15.2. The predicted molar refractivity (Wildman–Crippen MR) is 129 cm³/mol. The molecule has 2 aromatic carbocycles. The van der Waals surface area contributed by atoms with Crippen molar-refractivity contribution in [3.63, 3.8) is 0 Å². The summed E-state index contributed by atoms with van der Waals surface area (Å²) >= 11 is 0. The predicted octanol–water partition coefficient (Wildman–Crippen LogP) is 4.14. The molecule has 0 bridgehead atoms. The van der Waals surface area contributed by atoms with Crippen LogP contribution in [0.5, 0.6) is 0 Å². The number of anilines is 1. The minimum Gasteiger partial charge on any atom is -0.326 e. The summed E-state index contributed by atoms with van der Waals surface area (Å²) in [6, 6.07) is 15.1. The molecule has 1 saturated heterocycles. The molecule has 0 atom stereocenters. The van der Waals surface area contributed by atoms with E-state index in [9.17, 15) is 13.2 Å². The van der Waals surface area contributed by atoms with Crippen molar-refractivity contribution in [2.45, 2.75) is 50.8 Å². The molecule has 0 unspecified atom stereocenters. The van der Waals surface area contributed by atoms with Gasteiger partial charge >= 0.3 is 0 Å². The number of rotatable bonds is 9. The van der Waals surface area contributed by atoms with Crippen LogP contribution in [0, 0.1) is 12.8 Å². The van der Waals surface area contributed by atoms with Crippen molar-refractivity contribution in [2.24, 2.45) is 5.92 Å². The van der Waals surface area contributed by atoms with E-state index >= 15 is 0 Å². The highest BCUT2D eigenvalue weighted by atomic mass is 32.2. The molecule has 0 radical (unpaired) electrons. The van der Waals surface area contributed by atoms with E-state index in [1.165, 1.54) is 5.56 Å². The van der Waals surface area contributed by atoms with E-state index in [1.807, 2.05) is 45.0 Å². The highest BCUT2D eigenvalue weighted by Gasteiger charge is 2.21. The first-order valence-corrected chi connectivity index (χ1v) is 12.9. The van der Waals surface area contributed by atoms with Crippen molar-refractivity contribution in [3.8, 4) is 0 Å². The number of likely N-dealkylation sites (tertiary alicyclic amines) is 1. The Kier molecular flexibility index (Phi) is 8.45. The molecule has 2 aromatic rings. The third-order valence-corrected chi connectivity index (χ3v) is 7.49. The van der Waals surface area contributed by atoms with Gasteiger partial charge in [0, 0.05) is 18.2 Å². The summed E-state index contributed by atoms with van der Waals surface area (Å²) in [5.41, 5.74) is 3.18. The van der Waals surface area contributed by atoms with Gasteiger partial charge in [0.05, 0.1) is 4.90 Å². The van der Waals surface area contributed by atoms with Gasteiger partial charge in [-0.05, 0) is 81.6 Å². The Balaban J connectivity index is 1.41. The Morgan fingerprint density at radius 2 is 1.78 bits per heavy atom. The van der Waals surface area contributed by atoms with Crippen molar-refractivity contribution in [3.05, 3.63) is 59.7 Å². The monoisotopic (exact) mass is 457 g/mol. The second-order valence-electron chi connectivity index (χ2n) is 8.95. The lowest BCUT2D eigenvalue weighted by molar-refractivity contribution is -0.118. The topological polar surface area (TPSA) is 78.5 Å². The summed E-state index contributed by atoms with van der Waals surface area (Å²) < 4.78 is 27.5. The van der Waals surface area contributed by atoms with Gasteiger partial charge in [0.1, 0.15) is 0 Å². The van der Waals surface area contributed by atoms with Crippen LogP contribution in [0.4, 0.5) is 5.69 Å². The lowest BCUT2D eigenvalue weighted by Gasteiger charge is -2.32. The minimum absolute atomic E-state index is 0.0370. The molecule has 2 N–H and O–H groups in total. The molecule has 0 spiro atoms. The molecule has 7 heteroatoms. The number of nitrogens with one attached hydrogen (secondary N) is 2. The van der Waals surface area contributed by atoms with E-state index in [0.29, 0.717) is 17.4 Å². The Bertz CT molecular complexity index is 995. The zero-order chi connectivity index (χ0) is 23.1. The van der Waals surface area contributed by atoms with Crippen LogP contribution in [0.3, 0.4) is 0 Å². The maximum Gasteiger partial charge on any atom is 0.240 e. The quantitative estimate of drug-likeness (QED) is 0.555. The zero-order valence-corrected chi connectivity index (χ0v) is 20.1. The van der Waals surface area contributed by atoms with Gasteiger partial charge in [-0.15, -0.1) is 0 Å². The van der Waals surface area contributed by atoms with Crippen LogP contribution in [0.25, 0.3) is 0 Å². The van der Waals surface area contributed by atoms with E-state index in [-0.39, 0.29) is 11.8 Å². The van der Waals surface area contributed by atoms with Crippen molar-refractivity contribution in [1.29, 1.82) is 0 Å². The van der Waals surface area contributed by atoms with Crippen LogP contribution in [0.15, 0.2) is 53.4 Å². The second-order valence-corrected chi connectivity index (χ2v) is 10.7. The summed E-state index contributed by atoms with van der Waals surface area (Å²) in [7, 11) is -3.44. The van der Waals surface area contributed by atoms with Gasteiger partial charge in [-0.2, -0.15) is 0 Å². The third-order valence-electron chi connectivity index (χ3n) is 6.01. The molecule has 32 heavy (non-hydrogen) atoms. The molecule has 0 aromatic heterocycles. The van der Waals surface area contributed by atoms with Gasteiger partial charge in [0.25, 0.3) is 0 Å². The Morgan fingerprint density at radius 3 is 2.44 bits per heavy atom. The fraction of sp³-hybridized carbons (Fsp3) is 0.480. The number of piperidine rings is 1. The van der Waals surface area contributed by atoms with E-state index in [1.54, 1.807) is 12.1 Å². The van der Waals surface area contributed by atoms with Crippen molar-refractivity contribution in [1.82, 2.24) is 9.62 Å². The number of carbonyl (C=O) groups excluding carboxylic acids is 1. The van der Waals surface area contributed by atoms with Gasteiger partial charge in [0.2, 0.25) is 15.9 Å². The molecule has 0 saturated carbocycles. The lowest BCUT2D eigenvalue weighted by Crippen LogP contribution is -2.35. The summed E-state index contributed by atoms with van der Waals surface area (Å²) in [4.78, 5) is 14.7. The van der Waals surface area contributed by atoms with Crippen LogP contribution >= 0.6 is 0 Å². The molecule has 1 amide bonds. The average Bonchev–Trinajstić information content (AvgIpc) is 2.77. The summed E-state index contributed by atoms with van der Waals surface area (Å²) in [5.74, 6) is 0.487. The van der Waals surface area contributed by atoms with E-state index in [4.69, 9.17) is 0 Å². The largest absolute Gasteiger partial charge is 0.326 e. The van der Waals surface area contributed by atoms with Crippen LogP contribution in [0.1, 0.15) is 50.2 Å². The molecular formula is C25H35N3O3S. The first kappa shape index (κ1) is 24.4. The molecular weight excluding hydrogens is 422 g/mol. The summed E-state index contributed by atoms with van der Waals surface area (Å²) in [6.07, 6.45) is 2.92. The zero-order valence-electron chi connectivity index (χ0n) is 19.3. The second kappa shape index (κ2) is 11.1. The summed E-state index contributed by atoms with van der Waals surface area (Å²) in [6.45, 7) is 9.04. The van der Waals surface area contributed by atoms with Crippen LogP contribution < -0.4 is 10.0 Å². The number of hydrogen-bond acceptors (Lipinski definition) is 4. The smallest absolute Gasteiger partial charge is 0.240 e. The van der Waals surface area contributed by atoms with Crippen LogP contribution in [0.2, 0.25) is 0 Å². The average molecular weight is 458 g/mol. The van der Waals surface area contributed by atoms with E-state index in [2.05, 4.69) is 27.1 Å². The lowest BCUT2D eigenvalue weighted by atomic mass is 9.89. The molecule has 6 nitrogen and oxygen atoms in total. The van der Waals surface area contributed by atoms with Gasteiger partial charge in [-0.3, -0.25) is 4.79 Å². The molecule has 1 heterocycles. The molecule has 0 aliphatic carbocycles. The molecule has 3 rings (SSSR count). The third kappa shape index (κ3) is 6.89. The Hall–Kier alpha value is -2.22. The SMILES string of the molecule is Cc1ccc(S(=O)(=O)NCCCN2CCC(c3cccc(NC(=O)C(C)C)c3)CC2)cc1. The van der Waals surface area contributed by atoms with E-state index in [0.717, 1.165) is 50.1 Å². The van der Waals surface area contributed by atoms with Crippen molar-refractivity contribution < 1.29 is 13.2 Å². The van der Waals surface area contributed by atoms with Gasteiger partial charge < -0.3 is 10.2 Å². The van der Waals surface area contributed by atoms with Crippen LogP contribution in [-0.2, 0) is 14.8 Å². The first-order valence-electron chi connectivity index (χ1n) is 11.4. The fourth-order valence-corrected chi connectivity index (χ4v) is 5.03. The maximum absolute atomic E-state index is 12.4. The molecule has 174 valence electrons. The molecule has 1 aliphatic heterocycles. The number of nitrogens with zero attached hydrogens (tertiary/aromatic N) is 1. The number of sulfonamides is 1. The Morgan fingerprint density at radius 1 is 1.09 bits per heavy atom. The van der Waals surface area contributed by atoms with Gasteiger partial charge in [-0.25, -0.2) is 13.1 Å². The Labute approximate surface area is 192 Å². The molecule has 1 fully saturated rings. The number of hydrogen-bond donors (Lipinski definition) is 2. The number of carbonyl (C=O) groups is 1. The molecule has 1 aliphatic rings. The van der Waals surface area contributed by atoms with Crippen molar-refractivity contribution >= 4 is 21.6 Å². The van der Waals surface area contributed by atoms with Gasteiger partial charge in [-0.1, -0.05) is 43.7 Å². The fourth-order valence-electron chi connectivity index (χ4n) is 3.96. The standard InChI is InChI=1S/C25H35N3O3S/c1-19(2)25(29)27-23-7-4-6-22(18-23)21-12-16-28(17-13-21)15-5-14-26-32(30,31)24-10-8-20(3)9-11-24/h4,6-11,18-19,21,26H,5,12-17H2,1-3H3,(H,27,29). The number of aryl methyl sites for hydroxylation is 1.